The predicted octanol–water partition coefficient (Wildman–Crippen LogP) is 3.99. The van der Waals surface area contributed by atoms with Gasteiger partial charge in [-0.3, -0.25) is 9.79 Å². The Labute approximate surface area is 185 Å². The highest BCUT2D eigenvalue weighted by atomic mass is 127. The summed E-state index contributed by atoms with van der Waals surface area (Å²) in [5.74, 6) is 0.770. The Hall–Kier alpha value is -2.09. The first-order chi connectivity index (χ1) is 13.1. The van der Waals surface area contributed by atoms with Crippen molar-refractivity contribution in [2.75, 3.05) is 18.9 Å². The van der Waals surface area contributed by atoms with Crippen molar-refractivity contribution in [2.45, 2.75) is 39.2 Å². The van der Waals surface area contributed by atoms with Crippen LogP contribution in [0.1, 0.15) is 31.4 Å². The van der Waals surface area contributed by atoms with Crippen LogP contribution < -0.4 is 16.0 Å². The minimum Gasteiger partial charge on any atom is -0.356 e. The number of nitrogens with zero attached hydrogens (tertiary/aromatic N) is 1. The van der Waals surface area contributed by atoms with Gasteiger partial charge in [0.05, 0.1) is 0 Å². The number of guanidine groups is 1. The third-order valence-electron chi connectivity index (χ3n) is 4.30. The van der Waals surface area contributed by atoms with E-state index in [-0.39, 0.29) is 29.9 Å². The lowest BCUT2D eigenvalue weighted by Gasteiger charge is -2.18. The fraction of sp³-hybridized carbons (Fsp3) is 0.364. The average molecular weight is 494 g/mol. The first kappa shape index (κ1) is 23.9. The summed E-state index contributed by atoms with van der Waals surface area (Å²) in [5, 5.41) is 9.59. The number of hydrogen-bond donors (Lipinski definition) is 3. The van der Waals surface area contributed by atoms with Gasteiger partial charge >= 0.3 is 0 Å². The van der Waals surface area contributed by atoms with Crippen LogP contribution >= 0.6 is 24.0 Å². The van der Waals surface area contributed by atoms with Crippen LogP contribution in [-0.2, 0) is 17.6 Å². The standard InChI is InChI=1S/C22H30N4O.HI/c1-17(9-10-19-7-5-4-6-8-19)25-22(23-3)24-16-15-20-11-13-21(14-12-20)26-18(2)27;/h4-8,11-14,17H,9-10,15-16H2,1-3H3,(H,26,27)(H2,23,24,25);1H. The molecule has 0 fully saturated rings. The molecule has 0 saturated heterocycles. The van der Waals surface area contributed by atoms with Crippen molar-refractivity contribution in [2.24, 2.45) is 4.99 Å². The zero-order chi connectivity index (χ0) is 19.5. The van der Waals surface area contributed by atoms with Crippen LogP contribution in [-0.4, -0.2) is 31.5 Å². The van der Waals surface area contributed by atoms with Gasteiger partial charge in [0.2, 0.25) is 5.91 Å². The van der Waals surface area contributed by atoms with Crippen molar-refractivity contribution in [3.05, 3.63) is 65.7 Å². The Bertz CT molecular complexity index is 732. The Balaban J connectivity index is 0.00000392. The molecule has 3 N–H and O–H groups in total. The number of hydrogen-bond acceptors (Lipinski definition) is 2. The highest BCUT2D eigenvalue weighted by Gasteiger charge is 2.05. The molecule has 2 rings (SSSR count). The Morgan fingerprint density at radius 3 is 2.25 bits per heavy atom. The third kappa shape index (κ3) is 9.21. The highest BCUT2D eigenvalue weighted by Crippen LogP contribution is 2.09. The second-order valence-electron chi connectivity index (χ2n) is 6.70. The van der Waals surface area contributed by atoms with Gasteiger partial charge in [-0.05, 0) is 49.4 Å². The molecule has 1 amide bonds. The van der Waals surface area contributed by atoms with Crippen molar-refractivity contribution in [3.63, 3.8) is 0 Å². The van der Waals surface area contributed by atoms with Crippen LogP contribution in [0.3, 0.4) is 0 Å². The molecule has 0 aromatic heterocycles. The average Bonchev–Trinajstić information content (AvgIpc) is 2.67. The van der Waals surface area contributed by atoms with E-state index in [1.807, 2.05) is 30.3 Å². The lowest BCUT2D eigenvalue weighted by Crippen LogP contribution is -2.43. The predicted molar refractivity (Wildman–Crippen MR) is 129 cm³/mol. The third-order valence-corrected chi connectivity index (χ3v) is 4.30. The second kappa shape index (κ2) is 13.1. The summed E-state index contributed by atoms with van der Waals surface area (Å²) >= 11 is 0. The maximum absolute atomic E-state index is 11.1. The number of aryl methyl sites for hydroxylation is 1. The molecule has 5 nitrogen and oxygen atoms in total. The molecule has 0 bridgehead atoms. The molecule has 0 aliphatic carbocycles. The Morgan fingerprint density at radius 2 is 1.64 bits per heavy atom. The Morgan fingerprint density at radius 1 is 1.00 bits per heavy atom. The van der Waals surface area contributed by atoms with Gasteiger partial charge in [-0.25, -0.2) is 0 Å². The highest BCUT2D eigenvalue weighted by molar-refractivity contribution is 14.0. The maximum atomic E-state index is 11.1. The molecule has 28 heavy (non-hydrogen) atoms. The van der Waals surface area contributed by atoms with Gasteiger partial charge in [-0.15, -0.1) is 24.0 Å². The molecule has 152 valence electrons. The number of nitrogens with one attached hydrogen (secondary N) is 3. The normalized spacial score (nSPS) is 11.9. The van der Waals surface area contributed by atoms with E-state index in [1.54, 1.807) is 7.05 Å². The molecule has 2 aromatic carbocycles. The topological polar surface area (TPSA) is 65.5 Å². The SMILES string of the molecule is CN=C(NCCc1ccc(NC(C)=O)cc1)NC(C)CCc1ccccc1.I. The Kier molecular flexibility index (Phi) is 11.2. The zero-order valence-electron chi connectivity index (χ0n) is 16.9. The van der Waals surface area contributed by atoms with Gasteiger partial charge in [0, 0.05) is 32.2 Å². The molecule has 0 radical (unpaired) electrons. The van der Waals surface area contributed by atoms with Crippen LogP contribution in [0.15, 0.2) is 59.6 Å². The van der Waals surface area contributed by atoms with Crippen LogP contribution in [0.5, 0.6) is 0 Å². The van der Waals surface area contributed by atoms with E-state index in [2.05, 4.69) is 52.1 Å². The van der Waals surface area contributed by atoms with Crippen molar-refractivity contribution in [1.29, 1.82) is 0 Å². The van der Waals surface area contributed by atoms with E-state index in [4.69, 9.17) is 0 Å². The van der Waals surface area contributed by atoms with E-state index < -0.39 is 0 Å². The number of halogens is 1. The monoisotopic (exact) mass is 494 g/mol. The summed E-state index contributed by atoms with van der Waals surface area (Å²) in [6.07, 6.45) is 2.99. The molecule has 1 unspecified atom stereocenters. The van der Waals surface area contributed by atoms with E-state index >= 15 is 0 Å². The van der Waals surface area contributed by atoms with Crippen molar-refractivity contribution >= 4 is 41.5 Å². The van der Waals surface area contributed by atoms with E-state index in [9.17, 15) is 4.79 Å². The van der Waals surface area contributed by atoms with E-state index in [0.29, 0.717) is 6.04 Å². The zero-order valence-corrected chi connectivity index (χ0v) is 19.2. The fourth-order valence-corrected chi connectivity index (χ4v) is 2.81. The van der Waals surface area contributed by atoms with Crippen LogP contribution in [0.4, 0.5) is 5.69 Å². The fourth-order valence-electron chi connectivity index (χ4n) is 2.81. The van der Waals surface area contributed by atoms with Crippen LogP contribution in [0, 0.1) is 0 Å². The summed E-state index contributed by atoms with van der Waals surface area (Å²) in [5.41, 5.74) is 3.39. The first-order valence-electron chi connectivity index (χ1n) is 9.44. The summed E-state index contributed by atoms with van der Waals surface area (Å²) in [6.45, 7) is 4.48. The smallest absolute Gasteiger partial charge is 0.221 e. The van der Waals surface area contributed by atoms with E-state index in [0.717, 1.165) is 37.5 Å². The minimum atomic E-state index is -0.0549. The quantitative estimate of drug-likeness (QED) is 0.296. The molecule has 0 spiro atoms. The van der Waals surface area contributed by atoms with Gasteiger partial charge in [-0.2, -0.15) is 0 Å². The lowest BCUT2D eigenvalue weighted by atomic mass is 10.1. The summed E-state index contributed by atoms with van der Waals surface area (Å²) in [6, 6.07) is 18.8. The molecular weight excluding hydrogens is 463 g/mol. The number of benzene rings is 2. The molecule has 2 aromatic rings. The number of carbonyl (C=O) groups is 1. The van der Waals surface area contributed by atoms with Crippen molar-refractivity contribution in [1.82, 2.24) is 10.6 Å². The van der Waals surface area contributed by atoms with Gasteiger partial charge < -0.3 is 16.0 Å². The molecule has 0 aliphatic rings. The van der Waals surface area contributed by atoms with Crippen molar-refractivity contribution in [3.8, 4) is 0 Å². The molecule has 1 atom stereocenters. The van der Waals surface area contributed by atoms with Gasteiger partial charge in [0.25, 0.3) is 0 Å². The molecular formula is C22H31IN4O. The molecule has 0 heterocycles. The molecule has 6 heteroatoms. The number of anilines is 1. The van der Waals surface area contributed by atoms with Crippen LogP contribution in [0.25, 0.3) is 0 Å². The van der Waals surface area contributed by atoms with Gasteiger partial charge in [0.1, 0.15) is 0 Å². The minimum absolute atomic E-state index is 0. The van der Waals surface area contributed by atoms with Crippen molar-refractivity contribution < 1.29 is 4.79 Å². The van der Waals surface area contributed by atoms with Crippen LogP contribution in [0.2, 0.25) is 0 Å². The van der Waals surface area contributed by atoms with Gasteiger partial charge in [-0.1, -0.05) is 42.5 Å². The first-order valence-corrected chi connectivity index (χ1v) is 9.44. The molecule has 0 aliphatic heterocycles. The summed E-state index contributed by atoms with van der Waals surface area (Å²) in [7, 11) is 1.79. The second-order valence-corrected chi connectivity index (χ2v) is 6.70. The summed E-state index contributed by atoms with van der Waals surface area (Å²) in [4.78, 5) is 15.4. The maximum Gasteiger partial charge on any atom is 0.221 e. The van der Waals surface area contributed by atoms with E-state index in [1.165, 1.54) is 18.1 Å². The lowest BCUT2D eigenvalue weighted by molar-refractivity contribution is -0.114. The molecule has 0 saturated carbocycles. The largest absolute Gasteiger partial charge is 0.356 e. The number of amides is 1. The number of aliphatic imine (C=N–C) groups is 1. The van der Waals surface area contributed by atoms with Gasteiger partial charge in [0.15, 0.2) is 5.96 Å². The number of carbonyl (C=O) groups excluding carboxylic acids is 1. The summed E-state index contributed by atoms with van der Waals surface area (Å²) < 4.78 is 0. The number of rotatable bonds is 8.